The summed E-state index contributed by atoms with van der Waals surface area (Å²) in [5.41, 5.74) is 5.65. The third-order valence-corrected chi connectivity index (χ3v) is 5.46. The van der Waals surface area contributed by atoms with Crippen LogP contribution in [0, 0.1) is 20.8 Å². The number of H-pyrrole nitrogens is 1. The molecule has 3 aromatic rings. The van der Waals surface area contributed by atoms with Crippen LogP contribution in [0.4, 0.5) is 0 Å². The number of pyridine rings is 1. The number of para-hydroxylation sites is 1. The van der Waals surface area contributed by atoms with Crippen molar-refractivity contribution in [2.75, 3.05) is 13.7 Å². The Balaban J connectivity index is 1.69. The summed E-state index contributed by atoms with van der Waals surface area (Å²) in [5.74, 6) is 1.05. The van der Waals surface area contributed by atoms with E-state index in [0.717, 1.165) is 47.9 Å². The number of hydrogen-bond acceptors (Lipinski definition) is 4. The number of aromatic amines is 1. The van der Waals surface area contributed by atoms with Gasteiger partial charge >= 0.3 is 0 Å². The molecule has 5 nitrogen and oxygen atoms in total. The van der Waals surface area contributed by atoms with Crippen LogP contribution in [0.2, 0.25) is 0 Å². The molecular formula is C21H26N4O. The van der Waals surface area contributed by atoms with Gasteiger partial charge in [-0.1, -0.05) is 18.2 Å². The van der Waals surface area contributed by atoms with Crippen molar-refractivity contribution < 1.29 is 4.74 Å². The van der Waals surface area contributed by atoms with Crippen molar-refractivity contribution in [3.63, 3.8) is 0 Å². The standard InChI is InChI=1S/C21H26N4O/c1-13-9-16(18-7-5-6-8-19(18)22-13)11-25-12-17(26-4)10-20(25)21-23-14(2)15(3)24-21/h5-9,17,20H,10-12H2,1-4H3,(H,23,24)/t17-,20+/m1/s1. The van der Waals surface area contributed by atoms with Crippen molar-refractivity contribution in [2.24, 2.45) is 0 Å². The van der Waals surface area contributed by atoms with Crippen molar-refractivity contribution in [1.29, 1.82) is 0 Å². The first-order valence-corrected chi connectivity index (χ1v) is 9.20. The molecule has 2 atom stereocenters. The van der Waals surface area contributed by atoms with Gasteiger partial charge in [-0.3, -0.25) is 9.88 Å². The van der Waals surface area contributed by atoms with Gasteiger partial charge in [0.1, 0.15) is 5.82 Å². The highest BCUT2D eigenvalue weighted by Crippen LogP contribution is 2.34. The van der Waals surface area contributed by atoms with Gasteiger partial charge < -0.3 is 9.72 Å². The Morgan fingerprint density at radius 1 is 1.19 bits per heavy atom. The van der Waals surface area contributed by atoms with Crippen molar-refractivity contribution in [2.45, 2.75) is 45.9 Å². The van der Waals surface area contributed by atoms with Crippen LogP contribution in [0.3, 0.4) is 0 Å². The maximum atomic E-state index is 5.68. The van der Waals surface area contributed by atoms with E-state index >= 15 is 0 Å². The number of hydrogen-bond donors (Lipinski definition) is 1. The molecule has 5 heteroatoms. The van der Waals surface area contributed by atoms with E-state index in [9.17, 15) is 0 Å². The number of fused-ring (bicyclic) bond motifs is 1. The maximum Gasteiger partial charge on any atom is 0.124 e. The second-order valence-corrected chi connectivity index (χ2v) is 7.31. The second-order valence-electron chi connectivity index (χ2n) is 7.31. The molecular weight excluding hydrogens is 324 g/mol. The van der Waals surface area contributed by atoms with E-state index in [1.54, 1.807) is 7.11 Å². The summed E-state index contributed by atoms with van der Waals surface area (Å²) in [6.07, 6.45) is 1.20. The molecule has 1 saturated heterocycles. The van der Waals surface area contributed by atoms with Crippen molar-refractivity contribution >= 4 is 10.9 Å². The van der Waals surface area contributed by atoms with E-state index in [4.69, 9.17) is 9.72 Å². The average Bonchev–Trinajstić information content (AvgIpc) is 3.18. The lowest BCUT2D eigenvalue weighted by molar-refractivity contribution is 0.107. The highest BCUT2D eigenvalue weighted by molar-refractivity contribution is 5.82. The van der Waals surface area contributed by atoms with Crippen molar-refractivity contribution in [3.05, 3.63) is 58.8 Å². The summed E-state index contributed by atoms with van der Waals surface area (Å²) in [6.45, 7) is 7.98. The van der Waals surface area contributed by atoms with Crippen molar-refractivity contribution in [1.82, 2.24) is 19.9 Å². The largest absolute Gasteiger partial charge is 0.380 e. The monoisotopic (exact) mass is 350 g/mol. The topological polar surface area (TPSA) is 54.0 Å². The number of aromatic nitrogens is 3. The number of likely N-dealkylation sites (tertiary alicyclic amines) is 1. The molecule has 1 N–H and O–H groups in total. The molecule has 4 rings (SSSR count). The summed E-state index contributed by atoms with van der Waals surface area (Å²) >= 11 is 0. The van der Waals surface area contributed by atoms with Crippen LogP contribution >= 0.6 is 0 Å². The zero-order valence-corrected chi connectivity index (χ0v) is 15.9. The van der Waals surface area contributed by atoms with E-state index in [-0.39, 0.29) is 12.1 Å². The Morgan fingerprint density at radius 2 is 2.00 bits per heavy atom. The van der Waals surface area contributed by atoms with Crippen LogP contribution in [0.15, 0.2) is 30.3 Å². The van der Waals surface area contributed by atoms with Gasteiger partial charge in [0.15, 0.2) is 0 Å². The fraction of sp³-hybridized carbons (Fsp3) is 0.429. The van der Waals surface area contributed by atoms with Gasteiger partial charge in [0.05, 0.1) is 23.4 Å². The molecule has 2 aromatic heterocycles. The summed E-state index contributed by atoms with van der Waals surface area (Å²) in [4.78, 5) is 15.4. The average molecular weight is 350 g/mol. The molecule has 1 aromatic carbocycles. The highest BCUT2D eigenvalue weighted by atomic mass is 16.5. The molecule has 0 unspecified atom stereocenters. The minimum Gasteiger partial charge on any atom is -0.380 e. The number of methoxy groups -OCH3 is 1. The zero-order chi connectivity index (χ0) is 18.3. The lowest BCUT2D eigenvalue weighted by atomic mass is 10.1. The fourth-order valence-corrected chi connectivity index (χ4v) is 3.97. The first-order chi connectivity index (χ1) is 12.5. The number of imidazole rings is 1. The SMILES string of the molecule is CO[C@@H]1C[C@@H](c2nc(C)c(C)[nH]2)N(Cc2cc(C)nc3ccccc23)C1. The molecule has 1 aliphatic heterocycles. The number of ether oxygens (including phenoxy) is 1. The number of nitrogens with zero attached hydrogens (tertiary/aromatic N) is 3. The third kappa shape index (κ3) is 3.13. The fourth-order valence-electron chi connectivity index (χ4n) is 3.97. The number of rotatable bonds is 4. The number of benzene rings is 1. The summed E-state index contributed by atoms with van der Waals surface area (Å²) in [5, 5.41) is 1.23. The molecule has 0 radical (unpaired) electrons. The van der Waals surface area contributed by atoms with Gasteiger partial charge in [-0.2, -0.15) is 0 Å². The lowest BCUT2D eigenvalue weighted by Gasteiger charge is -2.23. The second kappa shape index (κ2) is 6.82. The smallest absolute Gasteiger partial charge is 0.124 e. The predicted molar refractivity (Wildman–Crippen MR) is 103 cm³/mol. The summed E-state index contributed by atoms with van der Waals surface area (Å²) in [7, 11) is 1.80. The molecule has 0 saturated carbocycles. The third-order valence-electron chi connectivity index (χ3n) is 5.46. The number of nitrogens with one attached hydrogen (secondary N) is 1. The highest BCUT2D eigenvalue weighted by Gasteiger charge is 2.35. The first kappa shape index (κ1) is 17.2. The van der Waals surface area contributed by atoms with Crippen LogP contribution in [0.25, 0.3) is 10.9 Å². The quantitative estimate of drug-likeness (QED) is 0.777. The van der Waals surface area contributed by atoms with Gasteiger partial charge in [-0.05, 0) is 44.9 Å². The van der Waals surface area contributed by atoms with E-state index in [0.29, 0.717) is 0 Å². The molecule has 0 bridgehead atoms. The van der Waals surface area contributed by atoms with E-state index in [1.165, 1.54) is 10.9 Å². The Kier molecular flexibility index (Phi) is 4.51. The van der Waals surface area contributed by atoms with Gasteiger partial charge in [0, 0.05) is 37.0 Å². The van der Waals surface area contributed by atoms with E-state index < -0.39 is 0 Å². The molecule has 1 aliphatic rings. The van der Waals surface area contributed by atoms with Gasteiger partial charge in [0.2, 0.25) is 0 Å². The first-order valence-electron chi connectivity index (χ1n) is 9.20. The van der Waals surface area contributed by atoms with Crippen LogP contribution < -0.4 is 0 Å². The maximum absolute atomic E-state index is 5.68. The molecule has 3 heterocycles. The summed E-state index contributed by atoms with van der Waals surface area (Å²) in [6, 6.07) is 10.8. The Labute approximate surface area is 154 Å². The Hall–Kier alpha value is -2.24. The molecule has 0 amide bonds. The van der Waals surface area contributed by atoms with Gasteiger partial charge in [0.25, 0.3) is 0 Å². The minimum absolute atomic E-state index is 0.236. The lowest BCUT2D eigenvalue weighted by Crippen LogP contribution is -2.25. The van der Waals surface area contributed by atoms with Crippen molar-refractivity contribution in [3.8, 4) is 0 Å². The van der Waals surface area contributed by atoms with E-state index in [2.05, 4.69) is 59.9 Å². The predicted octanol–water partition coefficient (Wildman–Crippen LogP) is 3.85. The van der Waals surface area contributed by atoms with Crippen LogP contribution in [0.5, 0.6) is 0 Å². The van der Waals surface area contributed by atoms with Crippen LogP contribution in [-0.4, -0.2) is 39.6 Å². The molecule has 26 heavy (non-hydrogen) atoms. The minimum atomic E-state index is 0.236. The van der Waals surface area contributed by atoms with Gasteiger partial charge in [-0.25, -0.2) is 4.98 Å². The summed E-state index contributed by atoms with van der Waals surface area (Å²) < 4.78 is 5.68. The molecule has 0 aliphatic carbocycles. The van der Waals surface area contributed by atoms with Crippen LogP contribution in [0.1, 0.15) is 40.9 Å². The Bertz CT molecular complexity index is 913. The molecule has 136 valence electrons. The van der Waals surface area contributed by atoms with E-state index in [1.807, 2.05) is 6.07 Å². The Morgan fingerprint density at radius 3 is 2.73 bits per heavy atom. The molecule has 1 fully saturated rings. The number of aryl methyl sites for hydroxylation is 3. The molecule has 0 spiro atoms. The van der Waals surface area contributed by atoms with Crippen LogP contribution in [-0.2, 0) is 11.3 Å². The van der Waals surface area contributed by atoms with Gasteiger partial charge in [-0.15, -0.1) is 0 Å². The normalized spacial score (nSPS) is 20.9. The zero-order valence-electron chi connectivity index (χ0n) is 15.9.